The fraction of sp³-hybridized carbons (Fsp3) is 0.381. The third kappa shape index (κ3) is 5.57. The van der Waals surface area contributed by atoms with E-state index in [1.54, 1.807) is 42.5 Å². The van der Waals surface area contributed by atoms with Gasteiger partial charge in [0, 0.05) is 6.04 Å². The number of hydrogen-bond acceptors (Lipinski definition) is 3. The van der Waals surface area contributed by atoms with Crippen LogP contribution in [0.15, 0.2) is 59.5 Å². The van der Waals surface area contributed by atoms with Crippen molar-refractivity contribution in [2.75, 3.05) is 10.8 Å². The Hall–Kier alpha value is -2.34. The summed E-state index contributed by atoms with van der Waals surface area (Å²) in [5, 5.41) is 2.88. The van der Waals surface area contributed by atoms with Crippen LogP contribution in [0, 0.1) is 0 Å². The summed E-state index contributed by atoms with van der Waals surface area (Å²) in [6, 6.07) is 15.5. The monoisotopic (exact) mass is 388 g/mol. The molecular formula is C21H28N2O3S. The highest BCUT2D eigenvalue weighted by molar-refractivity contribution is 7.92. The van der Waals surface area contributed by atoms with Crippen molar-refractivity contribution in [3.05, 3.63) is 60.2 Å². The van der Waals surface area contributed by atoms with Crippen LogP contribution in [0.2, 0.25) is 0 Å². The minimum absolute atomic E-state index is 0.00578. The second kappa shape index (κ2) is 9.55. The van der Waals surface area contributed by atoms with Crippen molar-refractivity contribution < 1.29 is 13.2 Å². The number of rotatable bonds is 9. The number of nitrogens with zero attached hydrogens (tertiary/aromatic N) is 1. The van der Waals surface area contributed by atoms with Gasteiger partial charge < -0.3 is 5.32 Å². The van der Waals surface area contributed by atoms with E-state index >= 15 is 0 Å². The number of sulfonamides is 1. The number of carbonyl (C=O) groups excluding carboxylic acids is 1. The SMILES string of the molecule is CCC[C@H](C)NC(=O)CN(c1ccc(CC)cc1)S(=O)(=O)c1ccccc1. The molecule has 0 aliphatic rings. The number of benzene rings is 2. The lowest BCUT2D eigenvalue weighted by Gasteiger charge is -2.25. The molecule has 146 valence electrons. The fourth-order valence-electron chi connectivity index (χ4n) is 2.89. The fourth-order valence-corrected chi connectivity index (χ4v) is 4.33. The van der Waals surface area contributed by atoms with Gasteiger partial charge in [-0.15, -0.1) is 0 Å². The van der Waals surface area contributed by atoms with Crippen LogP contribution in [-0.4, -0.2) is 26.9 Å². The van der Waals surface area contributed by atoms with E-state index in [-0.39, 0.29) is 23.4 Å². The maximum absolute atomic E-state index is 13.2. The summed E-state index contributed by atoms with van der Waals surface area (Å²) in [7, 11) is -3.84. The number of carbonyl (C=O) groups is 1. The van der Waals surface area contributed by atoms with Gasteiger partial charge in [0.2, 0.25) is 5.91 Å². The zero-order chi connectivity index (χ0) is 19.9. The summed E-state index contributed by atoms with van der Waals surface area (Å²) in [4.78, 5) is 12.7. The summed E-state index contributed by atoms with van der Waals surface area (Å²) in [6.45, 7) is 5.75. The number of nitrogens with one attached hydrogen (secondary N) is 1. The molecule has 0 saturated heterocycles. The zero-order valence-corrected chi connectivity index (χ0v) is 17.0. The number of aryl methyl sites for hydroxylation is 1. The molecule has 1 atom stereocenters. The lowest BCUT2D eigenvalue weighted by molar-refractivity contribution is -0.120. The number of amides is 1. The summed E-state index contributed by atoms with van der Waals surface area (Å²) < 4.78 is 27.5. The lowest BCUT2D eigenvalue weighted by atomic mass is 10.1. The molecule has 1 N–H and O–H groups in total. The normalized spacial score (nSPS) is 12.4. The van der Waals surface area contributed by atoms with Crippen LogP contribution < -0.4 is 9.62 Å². The van der Waals surface area contributed by atoms with Crippen molar-refractivity contribution in [3.8, 4) is 0 Å². The Morgan fingerprint density at radius 1 is 1.04 bits per heavy atom. The number of anilines is 1. The third-order valence-electron chi connectivity index (χ3n) is 4.38. The predicted octanol–water partition coefficient (Wildman–Crippen LogP) is 3.75. The second-order valence-electron chi connectivity index (χ2n) is 6.60. The Bertz CT molecular complexity index is 833. The molecule has 0 unspecified atom stereocenters. The molecule has 0 aromatic heterocycles. The van der Waals surface area contributed by atoms with Gasteiger partial charge in [0.25, 0.3) is 10.0 Å². The highest BCUT2D eigenvalue weighted by Crippen LogP contribution is 2.24. The largest absolute Gasteiger partial charge is 0.352 e. The molecule has 0 aliphatic carbocycles. The minimum Gasteiger partial charge on any atom is -0.352 e. The van der Waals surface area contributed by atoms with Gasteiger partial charge in [-0.3, -0.25) is 9.10 Å². The average molecular weight is 389 g/mol. The third-order valence-corrected chi connectivity index (χ3v) is 6.17. The first kappa shape index (κ1) is 21.0. The van der Waals surface area contributed by atoms with Crippen LogP contribution in [0.1, 0.15) is 39.2 Å². The van der Waals surface area contributed by atoms with E-state index in [0.717, 1.165) is 24.8 Å². The number of hydrogen-bond donors (Lipinski definition) is 1. The van der Waals surface area contributed by atoms with Crippen molar-refractivity contribution in [2.24, 2.45) is 0 Å². The molecule has 6 heteroatoms. The van der Waals surface area contributed by atoms with Crippen molar-refractivity contribution in [1.82, 2.24) is 5.32 Å². The molecule has 2 aromatic carbocycles. The van der Waals surface area contributed by atoms with E-state index in [1.807, 2.05) is 32.9 Å². The van der Waals surface area contributed by atoms with Gasteiger partial charge in [-0.05, 0) is 49.6 Å². The van der Waals surface area contributed by atoms with E-state index in [1.165, 1.54) is 4.31 Å². The van der Waals surface area contributed by atoms with E-state index in [0.29, 0.717) is 5.69 Å². The molecule has 0 spiro atoms. The van der Waals surface area contributed by atoms with Crippen molar-refractivity contribution >= 4 is 21.6 Å². The quantitative estimate of drug-likeness (QED) is 0.711. The molecule has 0 bridgehead atoms. The predicted molar refractivity (Wildman–Crippen MR) is 109 cm³/mol. The van der Waals surface area contributed by atoms with Crippen molar-refractivity contribution in [1.29, 1.82) is 0 Å². The smallest absolute Gasteiger partial charge is 0.264 e. The highest BCUT2D eigenvalue weighted by atomic mass is 32.2. The molecule has 0 heterocycles. The highest BCUT2D eigenvalue weighted by Gasteiger charge is 2.27. The van der Waals surface area contributed by atoms with Crippen LogP contribution in [0.5, 0.6) is 0 Å². The van der Waals surface area contributed by atoms with E-state index in [2.05, 4.69) is 5.32 Å². The van der Waals surface area contributed by atoms with Crippen molar-refractivity contribution in [2.45, 2.75) is 51.0 Å². The Morgan fingerprint density at radius 3 is 2.22 bits per heavy atom. The Morgan fingerprint density at radius 2 is 1.67 bits per heavy atom. The Labute approximate surface area is 162 Å². The van der Waals surface area contributed by atoms with Crippen LogP contribution >= 0.6 is 0 Å². The summed E-state index contributed by atoms with van der Waals surface area (Å²) in [5.74, 6) is -0.310. The van der Waals surface area contributed by atoms with Gasteiger partial charge in [0.05, 0.1) is 10.6 Å². The summed E-state index contributed by atoms with van der Waals surface area (Å²) >= 11 is 0. The van der Waals surface area contributed by atoms with Gasteiger partial charge in [0.15, 0.2) is 0 Å². The molecule has 0 fully saturated rings. The topological polar surface area (TPSA) is 66.5 Å². The van der Waals surface area contributed by atoms with Crippen molar-refractivity contribution in [3.63, 3.8) is 0 Å². The van der Waals surface area contributed by atoms with Gasteiger partial charge in [-0.1, -0.05) is 50.6 Å². The van der Waals surface area contributed by atoms with E-state index in [4.69, 9.17) is 0 Å². The van der Waals surface area contributed by atoms with Gasteiger partial charge >= 0.3 is 0 Å². The summed E-state index contributed by atoms with van der Waals surface area (Å²) in [5.41, 5.74) is 1.59. The van der Waals surface area contributed by atoms with E-state index in [9.17, 15) is 13.2 Å². The molecule has 0 radical (unpaired) electrons. The molecule has 27 heavy (non-hydrogen) atoms. The molecule has 0 saturated carbocycles. The van der Waals surface area contributed by atoms with Gasteiger partial charge in [0.1, 0.15) is 6.54 Å². The van der Waals surface area contributed by atoms with E-state index < -0.39 is 10.0 Å². The maximum atomic E-state index is 13.2. The zero-order valence-electron chi connectivity index (χ0n) is 16.2. The second-order valence-corrected chi connectivity index (χ2v) is 8.46. The van der Waals surface area contributed by atoms with Crippen LogP contribution in [0.4, 0.5) is 5.69 Å². The standard InChI is InChI=1S/C21H28N2O3S/c1-4-9-17(3)22-21(24)16-23(19-14-12-18(5-2)13-15-19)27(25,26)20-10-7-6-8-11-20/h6-8,10-15,17H,4-5,9,16H2,1-3H3,(H,22,24)/t17-/m0/s1. The Balaban J connectivity index is 2.35. The summed E-state index contributed by atoms with van der Waals surface area (Å²) in [6.07, 6.45) is 2.66. The van der Waals surface area contributed by atoms with Crippen LogP contribution in [-0.2, 0) is 21.2 Å². The first-order valence-electron chi connectivity index (χ1n) is 9.34. The molecular weight excluding hydrogens is 360 g/mol. The van der Waals surface area contributed by atoms with Crippen LogP contribution in [0.3, 0.4) is 0 Å². The first-order chi connectivity index (χ1) is 12.9. The molecule has 2 aromatic rings. The molecule has 1 amide bonds. The van der Waals surface area contributed by atoms with Crippen LogP contribution in [0.25, 0.3) is 0 Å². The maximum Gasteiger partial charge on any atom is 0.264 e. The first-order valence-corrected chi connectivity index (χ1v) is 10.8. The molecule has 5 nitrogen and oxygen atoms in total. The minimum atomic E-state index is -3.84. The van der Waals surface area contributed by atoms with Gasteiger partial charge in [-0.2, -0.15) is 0 Å². The Kier molecular flexibility index (Phi) is 7.42. The average Bonchev–Trinajstić information content (AvgIpc) is 2.67. The lowest BCUT2D eigenvalue weighted by Crippen LogP contribution is -2.43. The molecule has 0 aliphatic heterocycles. The van der Waals surface area contributed by atoms with Gasteiger partial charge in [-0.25, -0.2) is 8.42 Å². The molecule has 2 rings (SSSR count).